The largest absolute Gasteiger partial charge is 0.455 e. The average molecular weight is 1140 g/mol. The summed E-state index contributed by atoms with van der Waals surface area (Å²) in [6, 6.07) is 100. The van der Waals surface area contributed by atoms with Crippen molar-refractivity contribution in [3.05, 3.63) is 278 Å². The van der Waals surface area contributed by atoms with Gasteiger partial charge in [0.25, 0.3) is 0 Å². The van der Waals surface area contributed by atoms with Gasteiger partial charge in [-0.25, -0.2) is 0 Å². The molecule has 87 heavy (non-hydrogen) atoms. The normalized spacial score (nSPS) is 11.9. The maximum Gasteiger partial charge on any atom is 0.143 e. The van der Waals surface area contributed by atoms with Crippen LogP contribution in [0.3, 0.4) is 0 Å². The van der Waals surface area contributed by atoms with Gasteiger partial charge in [-0.15, -0.1) is 22.7 Å². The lowest BCUT2D eigenvalue weighted by Crippen LogP contribution is -2.11. The molecule has 0 fully saturated rings. The number of thiophene rings is 2. The molecule has 0 radical (unpaired) electrons. The molecule has 5 heterocycles. The van der Waals surface area contributed by atoms with E-state index < -0.39 is 0 Å². The summed E-state index contributed by atoms with van der Waals surface area (Å²) in [5, 5.41) is 36.0. The summed E-state index contributed by atoms with van der Waals surface area (Å²) >= 11 is 3.60. The Hall–Kier alpha value is -11.3. The van der Waals surface area contributed by atoms with Crippen molar-refractivity contribution in [2.45, 2.75) is 0 Å². The molecular formula is C80H44N4OS2. The van der Waals surface area contributed by atoms with Crippen LogP contribution in [0.15, 0.2) is 271 Å². The molecule has 13 aromatic carbocycles. The summed E-state index contributed by atoms with van der Waals surface area (Å²) in [6.07, 6.45) is 0. The van der Waals surface area contributed by atoms with E-state index >= 15 is 0 Å². The number of hydrogen-bond donors (Lipinski definition) is 0. The summed E-state index contributed by atoms with van der Waals surface area (Å²) in [6.45, 7) is 0. The Morgan fingerprint density at radius 1 is 0.322 bits per heavy atom. The Labute approximate surface area is 506 Å². The van der Waals surface area contributed by atoms with Gasteiger partial charge in [-0.2, -0.15) is 10.5 Å². The molecule has 0 aliphatic rings. The third kappa shape index (κ3) is 7.04. The lowest BCUT2D eigenvalue weighted by atomic mass is 9.86. The monoisotopic (exact) mass is 1140 g/mol. The van der Waals surface area contributed by atoms with Crippen LogP contribution in [0, 0.1) is 22.7 Å². The second-order valence-electron chi connectivity index (χ2n) is 22.3. The molecule has 0 saturated carbocycles. The van der Waals surface area contributed by atoms with E-state index in [0.717, 1.165) is 136 Å². The van der Waals surface area contributed by atoms with Crippen LogP contribution in [0.4, 0.5) is 0 Å². The van der Waals surface area contributed by atoms with Crippen molar-refractivity contribution in [1.82, 2.24) is 9.13 Å². The maximum absolute atomic E-state index is 12.6. The molecule has 0 N–H and O–H groups in total. The molecule has 5 nitrogen and oxygen atoms in total. The highest BCUT2D eigenvalue weighted by molar-refractivity contribution is 7.27. The highest BCUT2D eigenvalue weighted by Crippen LogP contribution is 2.56. The van der Waals surface area contributed by atoms with Crippen molar-refractivity contribution in [2.75, 3.05) is 0 Å². The van der Waals surface area contributed by atoms with Gasteiger partial charge < -0.3 is 13.6 Å². The molecule has 0 amide bonds. The van der Waals surface area contributed by atoms with Crippen LogP contribution in [-0.4, -0.2) is 9.13 Å². The van der Waals surface area contributed by atoms with Crippen molar-refractivity contribution in [3.63, 3.8) is 0 Å². The molecule has 0 saturated heterocycles. The molecule has 0 aliphatic carbocycles. The molecule has 7 heteroatoms. The first kappa shape index (κ1) is 49.1. The molecule has 0 unspecified atom stereocenters. The van der Waals surface area contributed by atoms with E-state index in [4.69, 9.17) is 4.42 Å². The highest BCUT2D eigenvalue weighted by atomic mass is 32.1. The van der Waals surface area contributed by atoms with Crippen LogP contribution in [0.1, 0.15) is 11.1 Å². The average Bonchev–Trinajstić information content (AvgIpc) is 1.64. The molecule has 18 rings (SSSR count). The van der Waals surface area contributed by atoms with Gasteiger partial charge in [-0.1, -0.05) is 224 Å². The first-order chi connectivity index (χ1) is 43.1. The quantitative estimate of drug-likeness (QED) is 0.160. The van der Waals surface area contributed by atoms with Gasteiger partial charge in [0.2, 0.25) is 0 Å². The van der Waals surface area contributed by atoms with Gasteiger partial charge in [0.05, 0.1) is 54.0 Å². The van der Waals surface area contributed by atoms with Crippen molar-refractivity contribution in [1.29, 1.82) is 10.5 Å². The number of aromatic nitrogens is 2. The third-order valence-corrected chi connectivity index (χ3v) is 20.1. The van der Waals surface area contributed by atoms with E-state index in [9.17, 15) is 10.5 Å². The summed E-state index contributed by atoms with van der Waals surface area (Å²) in [5.74, 6) is 0. The number of fused-ring (bicyclic) bond motifs is 17. The zero-order chi connectivity index (χ0) is 57.4. The minimum atomic E-state index is 0.394. The van der Waals surface area contributed by atoms with E-state index in [1.807, 2.05) is 48.5 Å². The molecule has 18 aromatic rings. The minimum Gasteiger partial charge on any atom is -0.455 e. The number of rotatable bonds is 7. The first-order valence-corrected chi connectivity index (χ1v) is 30.7. The number of nitrogens with zero attached hydrogens (tertiary/aromatic N) is 4. The lowest BCUT2D eigenvalue weighted by Gasteiger charge is -2.26. The van der Waals surface area contributed by atoms with E-state index in [1.54, 1.807) is 22.7 Å². The van der Waals surface area contributed by atoms with Crippen LogP contribution >= 0.6 is 22.7 Å². The predicted octanol–water partition coefficient (Wildman–Crippen LogP) is 22.6. The Bertz CT molecular complexity index is 5840. The van der Waals surface area contributed by atoms with Crippen LogP contribution < -0.4 is 0 Å². The maximum atomic E-state index is 12.6. The molecule has 5 aromatic heterocycles. The summed E-state index contributed by atoms with van der Waals surface area (Å²) < 4.78 is 16.1. The number of para-hydroxylation sites is 3. The standard InChI is InChI=1S/C80H44N4OS2/c81-45-62-69(49-27-9-3-10-28-49)63(46-82)75(70(50-29-11-4-12-30-50)74(62)83-64-38-17-13-32-55(64)71-52(35-22-39-65(71)83)54-37-21-36-53-51-31-14-18-40-66(51)85-78(53)54)84-76-60(43-58(47-23-5-1-6-24-47)72-56-33-15-19-41-67(56)86-79(72)76)61-44-59(48-25-7-2-8-26-48)73-57-34-16-20-42-68(57)87-80(73)77(61)84/h1-44H. The number of hydrogen-bond acceptors (Lipinski definition) is 5. The Kier molecular flexibility index (Phi) is 10.8. The second kappa shape index (κ2) is 19.1. The Morgan fingerprint density at radius 3 is 1.33 bits per heavy atom. The van der Waals surface area contributed by atoms with Gasteiger partial charge in [0.1, 0.15) is 23.3 Å². The number of nitriles is 2. The molecule has 0 aliphatic heterocycles. The van der Waals surface area contributed by atoms with Gasteiger partial charge in [0.15, 0.2) is 0 Å². The zero-order valence-electron chi connectivity index (χ0n) is 46.4. The molecule has 0 bridgehead atoms. The van der Waals surface area contributed by atoms with Gasteiger partial charge in [0, 0.05) is 80.0 Å². The van der Waals surface area contributed by atoms with Gasteiger partial charge in [-0.3, -0.25) is 0 Å². The fourth-order valence-corrected chi connectivity index (χ4v) is 16.8. The number of furan rings is 1. The van der Waals surface area contributed by atoms with Crippen LogP contribution in [0.2, 0.25) is 0 Å². The van der Waals surface area contributed by atoms with E-state index in [2.05, 4.69) is 240 Å². The number of benzene rings is 13. The SMILES string of the molecule is N#Cc1c(-c2ccccc2)c(C#N)c(-n2c3c(cc(-c4ccccc4)c4c5ccccc5sc43)c3cc(-c4ccccc4)c4c5ccccc5sc4c32)c(-c2ccccc2)c1-n1c2ccccc2c2c(-c3cccc4c3oc3ccccc34)cccc21. The zero-order valence-corrected chi connectivity index (χ0v) is 48.1. The smallest absolute Gasteiger partial charge is 0.143 e. The second-order valence-corrected chi connectivity index (χ2v) is 24.4. The molecule has 402 valence electrons. The Morgan fingerprint density at radius 2 is 0.759 bits per heavy atom. The minimum absolute atomic E-state index is 0.394. The summed E-state index contributed by atoms with van der Waals surface area (Å²) in [7, 11) is 0. The summed E-state index contributed by atoms with van der Waals surface area (Å²) in [4.78, 5) is 0. The summed E-state index contributed by atoms with van der Waals surface area (Å²) in [5.41, 5.74) is 17.1. The fourth-order valence-electron chi connectivity index (χ4n) is 14.3. The molecular weight excluding hydrogens is 1100 g/mol. The third-order valence-electron chi connectivity index (χ3n) is 17.8. The van der Waals surface area contributed by atoms with Crippen molar-refractivity contribution in [3.8, 4) is 79.1 Å². The van der Waals surface area contributed by atoms with Gasteiger partial charge in [-0.05, 0) is 81.4 Å². The van der Waals surface area contributed by atoms with Crippen molar-refractivity contribution < 1.29 is 4.42 Å². The van der Waals surface area contributed by atoms with Crippen LogP contribution in [-0.2, 0) is 0 Å². The fraction of sp³-hybridized carbons (Fsp3) is 0. The van der Waals surface area contributed by atoms with E-state index in [-0.39, 0.29) is 0 Å². The van der Waals surface area contributed by atoms with Crippen molar-refractivity contribution >= 4 is 129 Å². The predicted molar refractivity (Wildman–Crippen MR) is 365 cm³/mol. The first-order valence-electron chi connectivity index (χ1n) is 29.1. The van der Waals surface area contributed by atoms with E-state index in [0.29, 0.717) is 28.1 Å². The van der Waals surface area contributed by atoms with Crippen molar-refractivity contribution in [2.24, 2.45) is 0 Å². The van der Waals surface area contributed by atoms with E-state index in [1.165, 1.54) is 20.2 Å². The lowest BCUT2D eigenvalue weighted by molar-refractivity contribution is 0.670. The Balaban J connectivity index is 1.11. The van der Waals surface area contributed by atoms with Crippen LogP contribution in [0.5, 0.6) is 0 Å². The molecule has 0 spiro atoms. The topological polar surface area (TPSA) is 70.6 Å². The van der Waals surface area contributed by atoms with Crippen LogP contribution in [0.25, 0.3) is 173 Å². The highest BCUT2D eigenvalue weighted by Gasteiger charge is 2.34. The van der Waals surface area contributed by atoms with Gasteiger partial charge >= 0.3 is 0 Å². The molecule has 0 atom stereocenters.